The van der Waals surface area contributed by atoms with Gasteiger partial charge in [-0.05, 0) is 57.9 Å². The Kier molecular flexibility index (Phi) is 4.67. The maximum absolute atomic E-state index is 4.07. The molecule has 0 aromatic heterocycles. The van der Waals surface area contributed by atoms with Crippen molar-refractivity contribution in [3.05, 3.63) is 12.2 Å². The van der Waals surface area contributed by atoms with Crippen LogP contribution in [0.5, 0.6) is 0 Å². The molecular weight excluding hydrogens is 170 g/mol. The fourth-order valence-corrected chi connectivity index (χ4v) is 2.79. The van der Waals surface area contributed by atoms with E-state index in [9.17, 15) is 0 Å². The van der Waals surface area contributed by atoms with E-state index in [0.717, 1.165) is 17.9 Å². The predicted molar refractivity (Wildman–Crippen MR) is 63.4 cm³/mol. The van der Waals surface area contributed by atoms with Crippen LogP contribution in [0, 0.1) is 11.8 Å². The smallest absolute Gasteiger partial charge is 0.00897 e. The summed E-state index contributed by atoms with van der Waals surface area (Å²) in [4.78, 5) is 0. The summed E-state index contributed by atoms with van der Waals surface area (Å²) in [5, 5.41) is 3.44. The first-order valence-corrected chi connectivity index (χ1v) is 6.01. The topological polar surface area (TPSA) is 12.0 Å². The van der Waals surface area contributed by atoms with E-state index >= 15 is 0 Å². The molecule has 14 heavy (non-hydrogen) atoms. The molecule has 1 nitrogen and oxygen atoms in total. The summed E-state index contributed by atoms with van der Waals surface area (Å²) in [5.74, 6) is 1.71. The number of allylic oxidation sites excluding steroid dienone is 1. The van der Waals surface area contributed by atoms with E-state index < -0.39 is 0 Å². The first kappa shape index (κ1) is 11.8. The van der Waals surface area contributed by atoms with Crippen LogP contribution >= 0.6 is 0 Å². The van der Waals surface area contributed by atoms with Crippen molar-refractivity contribution in [2.45, 2.75) is 52.0 Å². The molecule has 1 aliphatic carbocycles. The largest absolute Gasteiger partial charge is 0.317 e. The van der Waals surface area contributed by atoms with Gasteiger partial charge in [-0.25, -0.2) is 0 Å². The quantitative estimate of drug-likeness (QED) is 0.678. The van der Waals surface area contributed by atoms with Crippen LogP contribution in [0.15, 0.2) is 12.2 Å². The first-order chi connectivity index (χ1) is 6.69. The monoisotopic (exact) mass is 195 g/mol. The minimum atomic E-state index is 0.737. The summed E-state index contributed by atoms with van der Waals surface area (Å²) in [6.45, 7) is 8.54. The second kappa shape index (κ2) is 5.55. The van der Waals surface area contributed by atoms with Crippen LogP contribution in [-0.4, -0.2) is 13.1 Å². The summed E-state index contributed by atoms with van der Waals surface area (Å²) in [5.41, 5.74) is 1.39. The van der Waals surface area contributed by atoms with E-state index in [-0.39, 0.29) is 0 Å². The Balaban J connectivity index is 2.38. The molecule has 0 aliphatic heterocycles. The van der Waals surface area contributed by atoms with Gasteiger partial charge in [-0.2, -0.15) is 0 Å². The van der Waals surface area contributed by atoms with E-state index in [1.54, 1.807) is 0 Å². The van der Waals surface area contributed by atoms with Gasteiger partial charge in [0.15, 0.2) is 0 Å². The zero-order valence-electron chi connectivity index (χ0n) is 9.97. The van der Waals surface area contributed by atoms with Crippen LogP contribution in [-0.2, 0) is 0 Å². The normalized spacial score (nSPS) is 29.9. The van der Waals surface area contributed by atoms with Crippen molar-refractivity contribution in [2.24, 2.45) is 11.8 Å². The van der Waals surface area contributed by atoms with Crippen LogP contribution in [0.4, 0.5) is 0 Å². The fourth-order valence-electron chi connectivity index (χ4n) is 2.79. The Morgan fingerprint density at radius 2 is 1.93 bits per heavy atom. The molecule has 0 aromatic carbocycles. The first-order valence-electron chi connectivity index (χ1n) is 6.01. The Labute approximate surface area is 89.0 Å². The van der Waals surface area contributed by atoms with Gasteiger partial charge in [0.25, 0.3) is 0 Å². The molecule has 0 bridgehead atoms. The summed E-state index contributed by atoms with van der Waals surface area (Å²) >= 11 is 0. The molecule has 0 unspecified atom stereocenters. The van der Waals surface area contributed by atoms with Gasteiger partial charge in [-0.3, -0.25) is 0 Å². The molecule has 82 valence electrons. The van der Waals surface area contributed by atoms with Crippen molar-refractivity contribution in [1.29, 1.82) is 0 Å². The Morgan fingerprint density at radius 3 is 2.29 bits per heavy atom. The van der Waals surface area contributed by atoms with E-state index in [1.807, 2.05) is 0 Å². The standard InChI is InChI=1S/C13H25N/c1-5-13(14-4)12-8-6-11(7-9-12)10(2)3/h11-14H,2,5-9H2,1,3-4H3/t11?,12?,13-/m1/s1. The Bertz CT molecular complexity index is 174. The number of hydrogen-bond donors (Lipinski definition) is 1. The maximum atomic E-state index is 4.07. The van der Waals surface area contributed by atoms with E-state index in [4.69, 9.17) is 0 Å². The molecule has 0 heterocycles. The highest BCUT2D eigenvalue weighted by Crippen LogP contribution is 2.34. The number of rotatable bonds is 4. The van der Waals surface area contributed by atoms with Crippen molar-refractivity contribution >= 4 is 0 Å². The van der Waals surface area contributed by atoms with Crippen molar-refractivity contribution in [2.75, 3.05) is 7.05 Å². The molecule has 0 amide bonds. The van der Waals surface area contributed by atoms with Crippen molar-refractivity contribution < 1.29 is 0 Å². The lowest BCUT2D eigenvalue weighted by Gasteiger charge is -2.33. The fraction of sp³-hybridized carbons (Fsp3) is 0.846. The molecule has 1 rings (SSSR count). The van der Waals surface area contributed by atoms with Gasteiger partial charge < -0.3 is 5.32 Å². The van der Waals surface area contributed by atoms with Crippen LogP contribution in [0.3, 0.4) is 0 Å². The molecule has 1 atom stereocenters. The lowest BCUT2D eigenvalue weighted by molar-refractivity contribution is 0.240. The van der Waals surface area contributed by atoms with Crippen LogP contribution in [0.1, 0.15) is 46.0 Å². The third kappa shape index (κ3) is 2.84. The molecule has 1 fully saturated rings. The third-order valence-corrected chi connectivity index (χ3v) is 3.85. The SMILES string of the molecule is C=C(C)C1CCC([C@@H](CC)NC)CC1. The van der Waals surface area contributed by atoms with Crippen LogP contribution in [0.2, 0.25) is 0 Å². The summed E-state index contributed by atoms with van der Waals surface area (Å²) < 4.78 is 0. The minimum absolute atomic E-state index is 0.737. The highest BCUT2D eigenvalue weighted by Gasteiger charge is 2.25. The molecule has 0 radical (unpaired) electrons. The number of hydrogen-bond acceptors (Lipinski definition) is 1. The van der Waals surface area contributed by atoms with Gasteiger partial charge in [-0.15, -0.1) is 0 Å². The molecule has 0 aromatic rings. The Hall–Kier alpha value is -0.300. The van der Waals surface area contributed by atoms with Gasteiger partial charge >= 0.3 is 0 Å². The average Bonchev–Trinajstić information content (AvgIpc) is 2.20. The van der Waals surface area contributed by atoms with Gasteiger partial charge in [-0.1, -0.05) is 19.1 Å². The Morgan fingerprint density at radius 1 is 1.36 bits per heavy atom. The van der Waals surface area contributed by atoms with Crippen LogP contribution < -0.4 is 5.32 Å². The van der Waals surface area contributed by atoms with Gasteiger partial charge in [0.1, 0.15) is 0 Å². The van der Waals surface area contributed by atoms with Gasteiger partial charge in [0.05, 0.1) is 0 Å². The second-order valence-corrected chi connectivity index (χ2v) is 4.76. The van der Waals surface area contributed by atoms with Crippen molar-refractivity contribution in [1.82, 2.24) is 5.32 Å². The molecule has 0 saturated heterocycles. The lowest BCUT2D eigenvalue weighted by atomic mass is 9.76. The summed E-state index contributed by atoms with van der Waals surface area (Å²) in [7, 11) is 2.10. The minimum Gasteiger partial charge on any atom is -0.317 e. The number of nitrogens with one attached hydrogen (secondary N) is 1. The predicted octanol–water partition coefficient (Wildman–Crippen LogP) is 3.37. The van der Waals surface area contributed by atoms with Gasteiger partial charge in [0.2, 0.25) is 0 Å². The molecule has 1 saturated carbocycles. The van der Waals surface area contributed by atoms with E-state index in [2.05, 4.69) is 32.8 Å². The molecule has 0 spiro atoms. The molecular formula is C13H25N. The summed E-state index contributed by atoms with van der Waals surface area (Å²) in [6.07, 6.45) is 6.75. The molecule has 1 N–H and O–H groups in total. The lowest BCUT2D eigenvalue weighted by Crippen LogP contribution is -2.35. The second-order valence-electron chi connectivity index (χ2n) is 4.76. The summed E-state index contributed by atoms with van der Waals surface area (Å²) in [6, 6.07) is 0.737. The molecule has 1 aliphatic rings. The highest BCUT2D eigenvalue weighted by atomic mass is 14.9. The molecule has 1 heteroatoms. The zero-order chi connectivity index (χ0) is 10.6. The van der Waals surface area contributed by atoms with Crippen LogP contribution in [0.25, 0.3) is 0 Å². The van der Waals surface area contributed by atoms with Gasteiger partial charge in [0, 0.05) is 6.04 Å². The zero-order valence-corrected chi connectivity index (χ0v) is 9.97. The van der Waals surface area contributed by atoms with Crippen molar-refractivity contribution in [3.8, 4) is 0 Å². The average molecular weight is 195 g/mol. The van der Waals surface area contributed by atoms with Crippen molar-refractivity contribution in [3.63, 3.8) is 0 Å². The van der Waals surface area contributed by atoms with E-state index in [0.29, 0.717) is 0 Å². The van der Waals surface area contributed by atoms with E-state index in [1.165, 1.54) is 37.7 Å². The highest BCUT2D eigenvalue weighted by molar-refractivity contribution is 4.98. The maximum Gasteiger partial charge on any atom is 0.00897 e. The third-order valence-electron chi connectivity index (χ3n) is 3.85.